The van der Waals surface area contributed by atoms with Gasteiger partial charge in [-0.3, -0.25) is 4.99 Å². The summed E-state index contributed by atoms with van der Waals surface area (Å²) in [6, 6.07) is 15.2. The minimum atomic E-state index is -0.506. The van der Waals surface area contributed by atoms with Crippen LogP contribution >= 0.6 is 0 Å². The van der Waals surface area contributed by atoms with Crippen molar-refractivity contribution < 1.29 is 14.3 Å². The molecular formula is C21H23NO3. The Balaban J connectivity index is 2.14. The van der Waals surface area contributed by atoms with Crippen molar-refractivity contribution in [2.75, 3.05) is 7.11 Å². The van der Waals surface area contributed by atoms with Crippen LogP contribution in [-0.2, 0) is 9.53 Å². The van der Waals surface area contributed by atoms with E-state index in [2.05, 4.69) is 4.99 Å². The number of benzene rings is 2. The van der Waals surface area contributed by atoms with Crippen LogP contribution < -0.4 is 4.74 Å². The second-order valence-corrected chi connectivity index (χ2v) is 6.46. The van der Waals surface area contributed by atoms with Gasteiger partial charge < -0.3 is 9.47 Å². The van der Waals surface area contributed by atoms with Crippen molar-refractivity contribution in [3.05, 3.63) is 65.7 Å². The minimum absolute atomic E-state index is 0.374. The molecule has 0 bridgehead atoms. The van der Waals surface area contributed by atoms with Crippen LogP contribution in [0.5, 0.6) is 5.75 Å². The zero-order valence-corrected chi connectivity index (χ0v) is 15.0. The molecular weight excluding hydrogens is 314 g/mol. The van der Waals surface area contributed by atoms with Gasteiger partial charge in [-0.15, -0.1) is 0 Å². The summed E-state index contributed by atoms with van der Waals surface area (Å²) in [6.45, 7) is 5.52. The number of aliphatic imine (C=N–C) groups is 1. The van der Waals surface area contributed by atoms with E-state index in [1.807, 2.05) is 69.3 Å². The fourth-order valence-corrected chi connectivity index (χ4v) is 2.07. The molecule has 0 saturated heterocycles. The second-order valence-electron chi connectivity index (χ2n) is 6.46. The molecule has 0 saturated carbocycles. The average molecular weight is 337 g/mol. The first-order valence-electron chi connectivity index (χ1n) is 8.05. The largest absolute Gasteiger partial charge is 0.497 e. The van der Waals surface area contributed by atoms with Gasteiger partial charge in [0.05, 0.1) is 12.8 Å². The normalized spacial score (nSPS) is 11.8. The van der Waals surface area contributed by atoms with Gasteiger partial charge in [0.1, 0.15) is 11.4 Å². The van der Waals surface area contributed by atoms with Gasteiger partial charge in [0.2, 0.25) is 0 Å². The van der Waals surface area contributed by atoms with Crippen LogP contribution in [0.2, 0.25) is 0 Å². The Hall–Kier alpha value is -2.88. The molecule has 0 heterocycles. The van der Waals surface area contributed by atoms with Gasteiger partial charge in [-0.2, -0.15) is 0 Å². The van der Waals surface area contributed by atoms with Crippen LogP contribution in [-0.4, -0.2) is 24.9 Å². The highest BCUT2D eigenvalue weighted by molar-refractivity contribution is 5.89. The predicted octanol–water partition coefficient (Wildman–Crippen LogP) is 4.80. The Bertz CT molecular complexity index is 768. The molecule has 0 fully saturated rings. The average Bonchev–Trinajstić information content (AvgIpc) is 2.58. The first kappa shape index (κ1) is 18.5. The quantitative estimate of drug-likeness (QED) is 0.447. The highest BCUT2D eigenvalue weighted by Crippen LogP contribution is 2.21. The number of carbonyl (C=O) groups excluding carboxylic acids is 1. The lowest BCUT2D eigenvalue weighted by atomic mass is 10.1. The fraction of sp³-hybridized carbons (Fsp3) is 0.238. The maximum atomic E-state index is 11.8. The molecule has 2 aromatic rings. The van der Waals surface area contributed by atoms with Gasteiger partial charge in [0.25, 0.3) is 0 Å². The van der Waals surface area contributed by atoms with Gasteiger partial charge in [-0.1, -0.05) is 18.2 Å². The fourth-order valence-electron chi connectivity index (χ4n) is 2.07. The van der Waals surface area contributed by atoms with Crippen molar-refractivity contribution in [2.24, 2.45) is 4.99 Å². The van der Waals surface area contributed by atoms with Gasteiger partial charge >= 0.3 is 5.97 Å². The Morgan fingerprint density at radius 1 is 1.04 bits per heavy atom. The van der Waals surface area contributed by atoms with E-state index in [1.165, 1.54) is 6.08 Å². The van der Waals surface area contributed by atoms with Crippen molar-refractivity contribution in [1.82, 2.24) is 0 Å². The number of esters is 1. The SMILES string of the molecule is COc1ccc(C=Nc2ccccc2/C=C/C(=O)OC(C)(C)C)cc1. The van der Waals surface area contributed by atoms with Gasteiger partial charge in [-0.05, 0) is 62.7 Å². The van der Waals surface area contributed by atoms with Crippen molar-refractivity contribution in [1.29, 1.82) is 0 Å². The van der Waals surface area contributed by atoms with Gasteiger partial charge in [-0.25, -0.2) is 4.79 Å². The monoisotopic (exact) mass is 337 g/mol. The summed E-state index contributed by atoms with van der Waals surface area (Å²) >= 11 is 0. The van der Waals surface area contributed by atoms with E-state index in [-0.39, 0.29) is 5.97 Å². The lowest BCUT2D eigenvalue weighted by Gasteiger charge is -2.17. The number of hydrogen-bond acceptors (Lipinski definition) is 4. The molecule has 4 heteroatoms. The van der Waals surface area contributed by atoms with E-state index in [0.717, 1.165) is 22.6 Å². The molecule has 0 aliphatic heterocycles. The molecule has 0 atom stereocenters. The standard InChI is InChI=1S/C21H23NO3/c1-21(2,3)25-20(23)14-11-17-7-5-6-8-19(17)22-15-16-9-12-18(24-4)13-10-16/h5-15H,1-4H3/b14-11+,22-15?. The molecule has 0 N–H and O–H groups in total. The molecule has 0 aliphatic carbocycles. The first-order valence-corrected chi connectivity index (χ1v) is 8.05. The number of methoxy groups -OCH3 is 1. The number of carbonyl (C=O) groups is 1. The van der Waals surface area contributed by atoms with Crippen LogP contribution in [0.3, 0.4) is 0 Å². The van der Waals surface area contributed by atoms with Crippen molar-refractivity contribution in [3.63, 3.8) is 0 Å². The Morgan fingerprint density at radius 2 is 1.72 bits per heavy atom. The third-order valence-electron chi connectivity index (χ3n) is 3.21. The van der Waals surface area contributed by atoms with Gasteiger partial charge in [0, 0.05) is 17.9 Å². The van der Waals surface area contributed by atoms with Crippen LogP contribution in [0.4, 0.5) is 5.69 Å². The third kappa shape index (κ3) is 6.26. The Labute approximate surface area is 148 Å². The number of para-hydroxylation sites is 1. The lowest BCUT2D eigenvalue weighted by Crippen LogP contribution is -2.22. The summed E-state index contributed by atoms with van der Waals surface area (Å²) < 4.78 is 10.4. The Kier molecular flexibility index (Phi) is 6.12. The topological polar surface area (TPSA) is 47.9 Å². The maximum absolute atomic E-state index is 11.8. The predicted molar refractivity (Wildman–Crippen MR) is 102 cm³/mol. The molecule has 2 rings (SSSR count). The van der Waals surface area contributed by atoms with E-state index in [0.29, 0.717) is 0 Å². The highest BCUT2D eigenvalue weighted by atomic mass is 16.6. The van der Waals surface area contributed by atoms with Crippen molar-refractivity contribution >= 4 is 23.9 Å². The van der Waals surface area contributed by atoms with E-state index >= 15 is 0 Å². The molecule has 4 nitrogen and oxygen atoms in total. The number of ether oxygens (including phenoxy) is 2. The summed E-state index contributed by atoms with van der Waals surface area (Å²) in [5.74, 6) is 0.430. The maximum Gasteiger partial charge on any atom is 0.331 e. The lowest BCUT2D eigenvalue weighted by molar-refractivity contribution is -0.148. The van der Waals surface area contributed by atoms with Crippen LogP contribution in [0.15, 0.2) is 59.6 Å². The molecule has 0 spiro atoms. The number of rotatable bonds is 5. The van der Waals surface area contributed by atoms with E-state index in [9.17, 15) is 4.79 Å². The molecule has 0 amide bonds. The van der Waals surface area contributed by atoms with E-state index in [1.54, 1.807) is 19.4 Å². The van der Waals surface area contributed by atoms with E-state index in [4.69, 9.17) is 9.47 Å². The molecule has 0 radical (unpaired) electrons. The minimum Gasteiger partial charge on any atom is -0.497 e. The van der Waals surface area contributed by atoms with E-state index < -0.39 is 5.60 Å². The Morgan fingerprint density at radius 3 is 2.36 bits per heavy atom. The third-order valence-corrected chi connectivity index (χ3v) is 3.21. The molecule has 0 aliphatic rings. The van der Waals surface area contributed by atoms with Crippen molar-refractivity contribution in [3.8, 4) is 5.75 Å². The zero-order chi connectivity index (χ0) is 18.3. The molecule has 0 aromatic heterocycles. The summed E-state index contributed by atoms with van der Waals surface area (Å²) in [7, 11) is 1.64. The van der Waals surface area contributed by atoms with Crippen LogP contribution in [0, 0.1) is 0 Å². The van der Waals surface area contributed by atoms with Crippen molar-refractivity contribution in [2.45, 2.75) is 26.4 Å². The van der Waals surface area contributed by atoms with Crippen LogP contribution in [0.25, 0.3) is 6.08 Å². The summed E-state index contributed by atoms with van der Waals surface area (Å²) in [4.78, 5) is 16.3. The van der Waals surface area contributed by atoms with Gasteiger partial charge in [0.15, 0.2) is 0 Å². The second kappa shape index (κ2) is 8.29. The number of hydrogen-bond donors (Lipinski definition) is 0. The molecule has 130 valence electrons. The summed E-state index contributed by atoms with van der Waals surface area (Å²) in [6.07, 6.45) is 4.92. The molecule has 0 unspecified atom stereocenters. The summed E-state index contributed by atoms with van der Waals surface area (Å²) in [5.41, 5.74) is 2.08. The summed E-state index contributed by atoms with van der Waals surface area (Å²) in [5, 5.41) is 0. The zero-order valence-electron chi connectivity index (χ0n) is 15.0. The van der Waals surface area contributed by atoms with Crippen LogP contribution in [0.1, 0.15) is 31.9 Å². The highest BCUT2D eigenvalue weighted by Gasteiger charge is 2.13. The smallest absolute Gasteiger partial charge is 0.331 e. The first-order chi connectivity index (χ1) is 11.9. The molecule has 2 aromatic carbocycles. The number of nitrogens with zero attached hydrogens (tertiary/aromatic N) is 1. The molecule has 25 heavy (non-hydrogen) atoms.